The molecule has 0 radical (unpaired) electrons. The Morgan fingerprint density at radius 1 is 0.354 bits per heavy atom. The zero-order valence-corrected chi connectivity index (χ0v) is 35.9. The minimum Gasteiger partial charge on any atom is -0.307 e. The minimum atomic E-state index is -0.267. The van der Waals surface area contributed by atoms with Gasteiger partial charge in [-0.1, -0.05) is 202 Å². The van der Waals surface area contributed by atoms with Gasteiger partial charge in [-0.3, -0.25) is 4.57 Å². The van der Waals surface area contributed by atoms with E-state index in [0.717, 1.165) is 60.6 Å². The van der Waals surface area contributed by atoms with Crippen LogP contribution in [0.3, 0.4) is 0 Å². The molecular weight excluding hydrogens is 791 g/mol. The molecule has 0 unspecified atom stereocenters. The van der Waals surface area contributed by atoms with Crippen molar-refractivity contribution in [3.63, 3.8) is 0 Å². The summed E-state index contributed by atoms with van der Waals surface area (Å²) < 4.78 is 4.74. The lowest BCUT2D eigenvalue weighted by molar-refractivity contribution is 0.661. The first-order valence-corrected chi connectivity index (χ1v) is 22.3. The molecule has 3 aromatic heterocycles. The van der Waals surface area contributed by atoms with Crippen molar-refractivity contribution in [1.82, 2.24) is 24.1 Å². The summed E-state index contributed by atoms with van der Waals surface area (Å²) in [5.74, 6) is 1.84. The average molecular weight is 832 g/mol. The van der Waals surface area contributed by atoms with Crippen LogP contribution in [0.25, 0.3) is 111 Å². The Morgan fingerprint density at radius 2 is 0.877 bits per heavy atom. The molecule has 0 amide bonds. The summed E-state index contributed by atoms with van der Waals surface area (Å²) in [6.45, 7) is 4.64. The molecule has 3 heterocycles. The summed E-state index contributed by atoms with van der Waals surface area (Å²) in [7, 11) is 0. The smallest absolute Gasteiger partial charge is 0.238 e. The molecular formula is C60H41N5. The van der Waals surface area contributed by atoms with Gasteiger partial charge >= 0.3 is 0 Å². The highest BCUT2D eigenvalue weighted by atomic mass is 15.2. The second kappa shape index (κ2) is 14.3. The van der Waals surface area contributed by atoms with Crippen LogP contribution >= 0.6 is 0 Å². The van der Waals surface area contributed by atoms with Gasteiger partial charge in [0, 0.05) is 43.8 Å². The summed E-state index contributed by atoms with van der Waals surface area (Å²) in [6, 6.07) is 76.0. The van der Waals surface area contributed by atoms with E-state index < -0.39 is 0 Å². The Hall–Kier alpha value is -8.41. The maximum absolute atomic E-state index is 5.57. The van der Waals surface area contributed by atoms with Gasteiger partial charge in [0.2, 0.25) is 5.95 Å². The molecule has 0 saturated heterocycles. The molecule has 1 aliphatic rings. The van der Waals surface area contributed by atoms with E-state index in [4.69, 9.17) is 15.0 Å². The fraction of sp³-hybridized carbons (Fsp3) is 0.0500. The number of rotatable bonds is 6. The molecule has 13 rings (SSSR count). The lowest BCUT2D eigenvalue weighted by atomic mass is 9.80. The summed E-state index contributed by atoms with van der Waals surface area (Å²) in [5.41, 5.74) is 16.8. The SMILES string of the molecule is CC1(C)c2ccccc2-c2cccc(-c3nc(-c4ccccc4)nc(-n4c5ccccc5c5ccc6c7ccccc7n(-c7ccc(-c8ccccc8)c(-c8ccccc8)c7)c6c54)n3)c21. The molecule has 1 aliphatic carbocycles. The van der Waals surface area contributed by atoms with Crippen LogP contribution in [0, 0.1) is 0 Å². The van der Waals surface area contributed by atoms with Crippen molar-refractivity contribution < 1.29 is 0 Å². The van der Waals surface area contributed by atoms with Crippen LogP contribution in [0.1, 0.15) is 25.0 Å². The van der Waals surface area contributed by atoms with Gasteiger partial charge in [0.25, 0.3) is 0 Å². The van der Waals surface area contributed by atoms with Gasteiger partial charge in [-0.15, -0.1) is 0 Å². The molecule has 65 heavy (non-hydrogen) atoms. The number of para-hydroxylation sites is 2. The Balaban J connectivity index is 1.14. The van der Waals surface area contributed by atoms with E-state index in [1.54, 1.807) is 0 Å². The normalized spacial score (nSPS) is 12.9. The molecule has 0 atom stereocenters. The van der Waals surface area contributed by atoms with Crippen molar-refractivity contribution in [1.29, 1.82) is 0 Å². The van der Waals surface area contributed by atoms with Gasteiger partial charge in [-0.05, 0) is 68.8 Å². The highest BCUT2D eigenvalue weighted by Crippen LogP contribution is 2.52. The molecule has 0 spiro atoms. The van der Waals surface area contributed by atoms with Crippen molar-refractivity contribution in [3.8, 4) is 67.8 Å². The van der Waals surface area contributed by atoms with Crippen LogP contribution in [0.15, 0.2) is 212 Å². The highest BCUT2D eigenvalue weighted by molar-refractivity contribution is 6.23. The summed E-state index contributed by atoms with van der Waals surface area (Å²) >= 11 is 0. The lowest BCUT2D eigenvalue weighted by Gasteiger charge is -2.24. The average Bonchev–Trinajstić information content (AvgIpc) is 3.98. The van der Waals surface area contributed by atoms with Crippen molar-refractivity contribution in [2.24, 2.45) is 0 Å². The van der Waals surface area contributed by atoms with Crippen molar-refractivity contribution in [2.45, 2.75) is 19.3 Å². The van der Waals surface area contributed by atoms with Gasteiger partial charge < -0.3 is 4.57 Å². The first-order valence-electron chi connectivity index (χ1n) is 22.3. The second-order valence-corrected chi connectivity index (χ2v) is 17.6. The van der Waals surface area contributed by atoms with Crippen LogP contribution in [0.4, 0.5) is 0 Å². The van der Waals surface area contributed by atoms with Crippen molar-refractivity contribution in [2.75, 3.05) is 0 Å². The van der Waals surface area contributed by atoms with Crippen molar-refractivity contribution >= 4 is 43.6 Å². The largest absolute Gasteiger partial charge is 0.307 e. The van der Waals surface area contributed by atoms with E-state index >= 15 is 0 Å². The highest BCUT2D eigenvalue weighted by Gasteiger charge is 2.38. The second-order valence-electron chi connectivity index (χ2n) is 17.6. The molecule has 5 nitrogen and oxygen atoms in total. The van der Waals surface area contributed by atoms with Crippen LogP contribution in [-0.4, -0.2) is 24.1 Å². The Labute approximate surface area is 376 Å². The fourth-order valence-electron chi connectivity index (χ4n) is 10.7. The number of hydrogen-bond acceptors (Lipinski definition) is 3. The Morgan fingerprint density at radius 3 is 1.57 bits per heavy atom. The van der Waals surface area contributed by atoms with Gasteiger partial charge in [0.15, 0.2) is 11.6 Å². The molecule has 306 valence electrons. The standard InChI is InChI=1S/C60H41N5/c1-60(2)51-30-15-12-25-43(51)46-28-18-29-49(54(46)60)58-61-57(40-23-10-5-11-24-40)62-59(63-58)65-53-32-17-14-27-45(53)48-36-35-47-44-26-13-16-31-52(44)64(55(47)56(48)65)41-33-34-42(38-19-6-3-7-20-38)50(37-41)39-21-8-4-9-22-39/h3-37H,1-2H3. The first-order chi connectivity index (χ1) is 32.0. The Bertz CT molecular complexity index is 3840. The third kappa shape index (κ3) is 5.62. The molecule has 9 aromatic carbocycles. The molecule has 0 N–H and O–H groups in total. The van der Waals surface area contributed by atoms with Gasteiger partial charge in [-0.25, -0.2) is 4.98 Å². The van der Waals surface area contributed by atoms with Gasteiger partial charge in [-0.2, -0.15) is 9.97 Å². The third-order valence-electron chi connectivity index (χ3n) is 13.6. The van der Waals surface area contributed by atoms with Gasteiger partial charge in [0.05, 0.1) is 22.1 Å². The van der Waals surface area contributed by atoms with Gasteiger partial charge in [0.1, 0.15) is 0 Å². The number of hydrogen-bond donors (Lipinski definition) is 0. The van der Waals surface area contributed by atoms with E-state index in [2.05, 4.69) is 217 Å². The zero-order valence-electron chi connectivity index (χ0n) is 35.9. The Kier molecular flexibility index (Phi) is 8.18. The first kappa shape index (κ1) is 37.2. The summed E-state index contributed by atoms with van der Waals surface area (Å²) in [5, 5.41) is 4.59. The maximum atomic E-state index is 5.57. The molecule has 0 bridgehead atoms. The number of nitrogens with zero attached hydrogens (tertiary/aromatic N) is 5. The van der Waals surface area contributed by atoms with E-state index in [-0.39, 0.29) is 5.41 Å². The van der Waals surface area contributed by atoms with E-state index in [1.807, 2.05) is 18.2 Å². The minimum absolute atomic E-state index is 0.267. The number of fused-ring (bicyclic) bond motifs is 10. The van der Waals surface area contributed by atoms with Crippen LogP contribution < -0.4 is 0 Å². The molecule has 5 heteroatoms. The maximum Gasteiger partial charge on any atom is 0.238 e. The number of aromatic nitrogens is 5. The van der Waals surface area contributed by atoms with E-state index in [9.17, 15) is 0 Å². The van der Waals surface area contributed by atoms with Crippen molar-refractivity contribution in [3.05, 3.63) is 223 Å². The molecule has 0 fully saturated rings. The van der Waals surface area contributed by atoms with Crippen LogP contribution in [0.2, 0.25) is 0 Å². The molecule has 0 saturated carbocycles. The van der Waals surface area contributed by atoms with Crippen LogP contribution in [0.5, 0.6) is 0 Å². The molecule has 0 aliphatic heterocycles. The zero-order chi connectivity index (χ0) is 43.2. The quantitative estimate of drug-likeness (QED) is 0.168. The summed E-state index contributed by atoms with van der Waals surface area (Å²) in [6.07, 6.45) is 0. The lowest BCUT2D eigenvalue weighted by Crippen LogP contribution is -2.17. The van der Waals surface area contributed by atoms with E-state index in [0.29, 0.717) is 17.6 Å². The predicted molar refractivity (Wildman–Crippen MR) is 268 cm³/mol. The predicted octanol–water partition coefficient (Wildman–Crippen LogP) is 15.0. The third-order valence-corrected chi connectivity index (χ3v) is 13.6. The van der Waals surface area contributed by atoms with Crippen LogP contribution in [-0.2, 0) is 5.41 Å². The number of benzene rings is 9. The fourth-order valence-corrected chi connectivity index (χ4v) is 10.7. The molecule has 12 aromatic rings. The topological polar surface area (TPSA) is 48.5 Å². The summed E-state index contributed by atoms with van der Waals surface area (Å²) in [4.78, 5) is 16.3. The van der Waals surface area contributed by atoms with E-state index in [1.165, 1.54) is 44.3 Å². The monoisotopic (exact) mass is 831 g/mol.